The van der Waals surface area contributed by atoms with Crippen LogP contribution < -0.4 is 5.32 Å². The van der Waals surface area contributed by atoms with E-state index < -0.39 is 9.84 Å². The lowest BCUT2D eigenvalue weighted by molar-refractivity contribution is -0.120. The van der Waals surface area contributed by atoms with E-state index in [1.54, 1.807) is 0 Å². The number of carbonyl (C=O) groups excluding carboxylic acids is 1. The van der Waals surface area contributed by atoms with Crippen LogP contribution in [0.5, 0.6) is 0 Å². The maximum Gasteiger partial charge on any atom is 0.233 e. The predicted octanol–water partition coefficient (Wildman–Crippen LogP) is 1.47. The summed E-state index contributed by atoms with van der Waals surface area (Å²) in [5.74, 6) is 0.149. The molecule has 0 bridgehead atoms. The Kier molecular flexibility index (Phi) is 4.52. The van der Waals surface area contributed by atoms with Gasteiger partial charge in [-0.25, -0.2) is 8.42 Å². The molecule has 1 aromatic carbocycles. The van der Waals surface area contributed by atoms with Crippen molar-refractivity contribution in [1.82, 2.24) is 5.32 Å². The molecule has 1 heterocycles. The van der Waals surface area contributed by atoms with Gasteiger partial charge in [0.1, 0.15) is 0 Å². The second-order valence-corrected chi connectivity index (χ2v) is 8.32. The summed E-state index contributed by atoms with van der Waals surface area (Å²) in [5.41, 5.74) is 0. The van der Waals surface area contributed by atoms with Crippen LogP contribution in [0.4, 0.5) is 0 Å². The molecule has 1 amide bonds. The summed E-state index contributed by atoms with van der Waals surface area (Å²) in [4.78, 5) is 13.0. The highest BCUT2D eigenvalue weighted by Crippen LogP contribution is 2.23. The van der Waals surface area contributed by atoms with Crippen LogP contribution in [0.25, 0.3) is 0 Å². The van der Waals surface area contributed by atoms with Gasteiger partial charge in [-0.15, -0.1) is 11.8 Å². The first kappa shape index (κ1) is 14.4. The third-order valence-corrected chi connectivity index (χ3v) is 5.88. The highest BCUT2D eigenvalue weighted by molar-refractivity contribution is 8.00. The first-order chi connectivity index (χ1) is 8.96. The van der Waals surface area contributed by atoms with E-state index in [9.17, 15) is 13.2 Å². The van der Waals surface area contributed by atoms with Gasteiger partial charge in [-0.2, -0.15) is 0 Å². The van der Waals surface area contributed by atoms with Crippen molar-refractivity contribution >= 4 is 27.5 Å². The first-order valence-corrected chi connectivity index (χ1v) is 8.89. The summed E-state index contributed by atoms with van der Waals surface area (Å²) in [7, 11) is -2.95. The number of thioether (sulfide) groups is 1. The van der Waals surface area contributed by atoms with Crippen LogP contribution in [0, 0.1) is 0 Å². The van der Waals surface area contributed by atoms with Crippen LogP contribution in [0.2, 0.25) is 0 Å². The lowest BCUT2D eigenvalue weighted by Crippen LogP contribution is -2.39. The quantitative estimate of drug-likeness (QED) is 0.855. The van der Waals surface area contributed by atoms with Crippen molar-refractivity contribution in [2.45, 2.75) is 29.5 Å². The van der Waals surface area contributed by atoms with Crippen LogP contribution in [0.1, 0.15) is 13.3 Å². The van der Waals surface area contributed by atoms with Gasteiger partial charge in [0.2, 0.25) is 5.91 Å². The number of carbonyl (C=O) groups is 1. The van der Waals surface area contributed by atoms with E-state index in [0.29, 0.717) is 6.42 Å². The first-order valence-electron chi connectivity index (χ1n) is 6.19. The molecule has 104 valence electrons. The lowest BCUT2D eigenvalue weighted by atomic mass is 10.2. The Hall–Kier alpha value is -1.01. The number of rotatable bonds is 4. The summed E-state index contributed by atoms with van der Waals surface area (Å²) in [6.07, 6.45) is 0.525. The van der Waals surface area contributed by atoms with Crippen molar-refractivity contribution in [3.05, 3.63) is 30.3 Å². The van der Waals surface area contributed by atoms with E-state index >= 15 is 0 Å². The Bertz CT molecular complexity index is 542. The Labute approximate surface area is 117 Å². The minimum atomic E-state index is -2.95. The second kappa shape index (κ2) is 5.96. The molecule has 1 aliphatic heterocycles. The Morgan fingerprint density at radius 1 is 1.37 bits per heavy atom. The SMILES string of the molecule is C[C@H](Sc1ccccc1)C(=O)N[C@@H]1CCS(=O)(=O)C1. The van der Waals surface area contributed by atoms with E-state index in [4.69, 9.17) is 0 Å². The van der Waals surface area contributed by atoms with Gasteiger partial charge >= 0.3 is 0 Å². The van der Waals surface area contributed by atoms with Crippen molar-refractivity contribution in [2.24, 2.45) is 0 Å². The smallest absolute Gasteiger partial charge is 0.233 e. The molecule has 1 aromatic rings. The van der Waals surface area contributed by atoms with Crippen molar-refractivity contribution in [2.75, 3.05) is 11.5 Å². The van der Waals surface area contributed by atoms with Gasteiger partial charge in [-0.1, -0.05) is 18.2 Å². The number of benzene rings is 1. The zero-order valence-electron chi connectivity index (χ0n) is 10.7. The lowest BCUT2D eigenvalue weighted by Gasteiger charge is -2.15. The van der Waals surface area contributed by atoms with Gasteiger partial charge in [0.25, 0.3) is 0 Å². The zero-order valence-corrected chi connectivity index (χ0v) is 12.3. The average Bonchev–Trinajstić information content (AvgIpc) is 2.70. The maximum absolute atomic E-state index is 12.0. The Morgan fingerprint density at radius 3 is 2.63 bits per heavy atom. The van der Waals surface area contributed by atoms with Crippen molar-refractivity contribution < 1.29 is 13.2 Å². The van der Waals surface area contributed by atoms with Crippen LogP contribution in [0.3, 0.4) is 0 Å². The summed E-state index contributed by atoms with van der Waals surface area (Å²) in [6, 6.07) is 9.46. The van der Waals surface area contributed by atoms with Gasteiger partial charge < -0.3 is 5.32 Å². The molecule has 0 radical (unpaired) electrons. The molecule has 0 unspecified atom stereocenters. The van der Waals surface area contributed by atoms with Crippen molar-refractivity contribution in [3.8, 4) is 0 Å². The fourth-order valence-electron chi connectivity index (χ4n) is 1.98. The molecule has 0 spiro atoms. The predicted molar refractivity (Wildman–Crippen MR) is 77.0 cm³/mol. The fraction of sp³-hybridized carbons (Fsp3) is 0.462. The van der Waals surface area contributed by atoms with Gasteiger partial charge in [-0.3, -0.25) is 4.79 Å². The molecule has 1 N–H and O–H groups in total. The Balaban J connectivity index is 1.86. The van der Waals surface area contributed by atoms with Crippen molar-refractivity contribution in [1.29, 1.82) is 0 Å². The van der Waals surface area contributed by atoms with E-state index in [0.717, 1.165) is 4.90 Å². The molecular weight excluding hydrogens is 282 g/mol. The molecule has 1 aliphatic rings. The summed E-state index contributed by atoms with van der Waals surface area (Å²) in [6.45, 7) is 1.83. The van der Waals surface area contributed by atoms with E-state index in [-0.39, 0.29) is 28.7 Å². The topological polar surface area (TPSA) is 63.2 Å². The van der Waals surface area contributed by atoms with Crippen LogP contribution >= 0.6 is 11.8 Å². The second-order valence-electron chi connectivity index (χ2n) is 4.68. The fourth-order valence-corrected chi connectivity index (χ4v) is 4.56. The van der Waals surface area contributed by atoms with E-state index in [2.05, 4.69) is 5.32 Å². The number of sulfone groups is 1. The summed E-state index contributed by atoms with van der Waals surface area (Å²) in [5, 5.41) is 2.58. The van der Waals surface area contributed by atoms with Gasteiger partial charge in [0.05, 0.1) is 16.8 Å². The number of nitrogens with one attached hydrogen (secondary N) is 1. The average molecular weight is 299 g/mol. The molecule has 2 atom stereocenters. The molecule has 19 heavy (non-hydrogen) atoms. The third kappa shape index (κ3) is 4.24. The molecule has 2 rings (SSSR count). The summed E-state index contributed by atoms with van der Waals surface area (Å²) >= 11 is 1.47. The molecule has 0 saturated carbocycles. The molecule has 0 aliphatic carbocycles. The molecule has 1 saturated heterocycles. The van der Waals surface area contributed by atoms with Crippen LogP contribution in [-0.2, 0) is 14.6 Å². The number of hydrogen-bond acceptors (Lipinski definition) is 4. The molecular formula is C13H17NO3S2. The largest absolute Gasteiger partial charge is 0.351 e. The molecule has 6 heteroatoms. The highest BCUT2D eigenvalue weighted by Gasteiger charge is 2.30. The third-order valence-electron chi connectivity index (χ3n) is 3.00. The van der Waals surface area contributed by atoms with Gasteiger partial charge in [-0.05, 0) is 25.5 Å². The molecule has 0 aromatic heterocycles. The summed E-state index contributed by atoms with van der Waals surface area (Å²) < 4.78 is 22.7. The Morgan fingerprint density at radius 2 is 2.05 bits per heavy atom. The van der Waals surface area contributed by atoms with E-state index in [1.165, 1.54) is 11.8 Å². The number of amides is 1. The van der Waals surface area contributed by atoms with Gasteiger partial charge in [0.15, 0.2) is 9.84 Å². The molecule has 4 nitrogen and oxygen atoms in total. The van der Waals surface area contributed by atoms with Crippen LogP contribution in [-0.4, -0.2) is 37.1 Å². The van der Waals surface area contributed by atoms with Crippen molar-refractivity contribution in [3.63, 3.8) is 0 Å². The monoisotopic (exact) mass is 299 g/mol. The standard InChI is InChI=1S/C13H17NO3S2/c1-10(18-12-5-3-2-4-6-12)13(15)14-11-7-8-19(16,17)9-11/h2-6,10-11H,7-9H2,1H3,(H,14,15)/t10-,11+/m0/s1. The van der Waals surface area contributed by atoms with Crippen LogP contribution in [0.15, 0.2) is 35.2 Å². The normalized spacial score (nSPS) is 22.9. The van der Waals surface area contributed by atoms with E-state index in [1.807, 2.05) is 37.3 Å². The minimum absolute atomic E-state index is 0.0709. The zero-order chi connectivity index (χ0) is 13.9. The van der Waals surface area contributed by atoms with Gasteiger partial charge in [0, 0.05) is 10.9 Å². The minimum Gasteiger partial charge on any atom is -0.351 e. The number of hydrogen-bond donors (Lipinski definition) is 1. The maximum atomic E-state index is 12.0. The highest BCUT2D eigenvalue weighted by atomic mass is 32.2. The molecule has 1 fully saturated rings.